The molecule has 24 heavy (non-hydrogen) atoms. The van der Waals surface area contributed by atoms with Gasteiger partial charge in [-0.2, -0.15) is 0 Å². The summed E-state index contributed by atoms with van der Waals surface area (Å²) < 4.78 is 9.19. The molecule has 2 rings (SSSR count). The minimum absolute atomic E-state index is 0.000434. The Labute approximate surface area is 139 Å². The van der Waals surface area contributed by atoms with Gasteiger partial charge in [-0.15, -0.1) is 0 Å². The van der Waals surface area contributed by atoms with Gasteiger partial charge in [-0.1, -0.05) is 30.3 Å². The zero-order valence-electron chi connectivity index (χ0n) is 13.2. The highest BCUT2D eigenvalue weighted by molar-refractivity contribution is 5.87. The first-order valence-corrected chi connectivity index (χ1v) is 7.62. The Kier molecular flexibility index (Phi) is 8.81. The highest BCUT2D eigenvalue weighted by atomic mass is 16.6. The van der Waals surface area contributed by atoms with Gasteiger partial charge in [0.2, 0.25) is 0 Å². The van der Waals surface area contributed by atoms with Crippen LogP contribution in [0.4, 0.5) is 0 Å². The maximum Gasteiger partial charge on any atom is 0.313 e. The first-order chi connectivity index (χ1) is 11.5. The van der Waals surface area contributed by atoms with Crippen molar-refractivity contribution >= 4 is 23.9 Å². The Bertz CT molecular complexity index is 552. The molecule has 1 aliphatic heterocycles. The molecule has 7 heteroatoms. The lowest BCUT2D eigenvalue weighted by Crippen LogP contribution is -2.17. The highest BCUT2D eigenvalue weighted by Gasteiger charge is 2.15. The van der Waals surface area contributed by atoms with Gasteiger partial charge in [0.25, 0.3) is 0 Å². The molecule has 1 N–H and O–H groups in total. The lowest BCUT2D eigenvalue weighted by Gasteiger charge is -2.06. The normalized spacial score (nSPS) is 13.3. The van der Waals surface area contributed by atoms with E-state index in [0.29, 0.717) is 25.7 Å². The van der Waals surface area contributed by atoms with E-state index in [1.807, 2.05) is 30.3 Å². The second kappa shape index (κ2) is 10.9. The third-order valence-corrected chi connectivity index (χ3v) is 3.00. The number of carboxylic acids is 1. The minimum Gasteiger partial charge on any atom is -0.481 e. The lowest BCUT2D eigenvalue weighted by atomic mass is 10.2. The molecule has 130 valence electrons. The maximum absolute atomic E-state index is 11.2. The van der Waals surface area contributed by atoms with Crippen LogP contribution in [0.15, 0.2) is 30.3 Å². The summed E-state index contributed by atoms with van der Waals surface area (Å²) in [4.78, 5) is 41.9. The molecular weight excluding hydrogens is 316 g/mol. The van der Waals surface area contributed by atoms with E-state index in [1.54, 1.807) is 0 Å². The van der Waals surface area contributed by atoms with Crippen molar-refractivity contribution in [3.63, 3.8) is 0 Å². The molecule has 0 atom stereocenters. The second-order valence-corrected chi connectivity index (χ2v) is 5.09. The average Bonchev–Trinajstić information content (AvgIpc) is 2.54. The van der Waals surface area contributed by atoms with Gasteiger partial charge >= 0.3 is 23.9 Å². The smallest absolute Gasteiger partial charge is 0.313 e. The SMILES string of the molecule is O=C(O)CCCC(=O)OCc1ccccc1.O=C1CCCC(=O)O1. The number of rotatable bonds is 6. The number of benzene rings is 1. The van der Waals surface area contributed by atoms with Crippen LogP contribution in [0.5, 0.6) is 0 Å². The minimum atomic E-state index is -0.893. The fourth-order valence-corrected chi connectivity index (χ4v) is 1.80. The fourth-order valence-electron chi connectivity index (χ4n) is 1.80. The third-order valence-electron chi connectivity index (χ3n) is 3.00. The number of hydrogen-bond acceptors (Lipinski definition) is 6. The molecule has 1 heterocycles. The van der Waals surface area contributed by atoms with Gasteiger partial charge in [0, 0.05) is 25.7 Å². The molecule has 1 fully saturated rings. The van der Waals surface area contributed by atoms with Crippen molar-refractivity contribution < 1.29 is 33.8 Å². The van der Waals surface area contributed by atoms with Crippen LogP contribution in [0.1, 0.15) is 44.1 Å². The van der Waals surface area contributed by atoms with Gasteiger partial charge in [0.05, 0.1) is 0 Å². The Morgan fingerprint density at radius 1 is 1.04 bits per heavy atom. The molecule has 0 bridgehead atoms. The Balaban J connectivity index is 0.000000300. The van der Waals surface area contributed by atoms with Crippen molar-refractivity contribution in [2.75, 3.05) is 0 Å². The van der Waals surface area contributed by atoms with Gasteiger partial charge in [-0.3, -0.25) is 19.2 Å². The molecule has 1 saturated heterocycles. The van der Waals surface area contributed by atoms with Gasteiger partial charge in [-0.05, 0) is 18.4 Å². The van der Waals surface area contributed by atoms with E-state index >= 15 is 0 Å². The van der Waals surface area contributed by atoms with Crippen LogP contribution in [-0.2, 0) is 35.3 Å². The van der Waals surface area contributed by atoms with Gasteiger partial charge in [0.15, 0.2) is 0 Å². The van der Waals surface area contributed by atoms with Crippen molar-refractivity contribution in [1.29, 1.82) is 0 Å². The topological polar surface area (TPSA) is 107 Å². The summed E-state index contributed by atoms with van der Waals surface area (Å²) >= 11 is 0. The molecule has 7 nitrogen and oxygen atoms in total. The summed E-state index contributed by atoms with van der Waals surface area (Å²) in [6.45, 7) is 0.243. The zero-order chi connectivity index (χ0) is 17.8. The summed E-state index contributed by atoms with van der Waals surface area (Å²) in [5.41, 5.74) is 0.925. The molecule has 0 radical (unpaired) electrons. The van der Waals surface area contributed by atoms with Crippen molar-refractivity contribution in [3.8, 4) is 0 Å². The molecule has 0 aromatic heterocycles. The van der Waals surface area contributed by atoms with E-state index in [4.69, 9.17) is 9.84 Å². The van der Waals surface area contributed by atoms with Crippen molar-refractivity contribution in [1.82, 2.24) is 0 Å². The molecule has 0 saturated carbocycles. The highest BCUT2D eigenvalue weighted by Crippen LogP contribution is 2.06. The van der Waals surface area contributed by atoms with E-state index in [9.17, 15) is 19.2 Å². The number of carboxylic acid groups (broad SMARTS) is 1. The van der Waals surface area contributed by atoms with Crippen molar-refractivity contribution in [2.24, 2.45) is 0 Å². The number of ether oxygens (including phenoxy) is 2. The lowest BCUT2D eigenvalue weighted by molar-refractivity contribution is -0.163. The fraction of sp³-hybridized carbons (Fsp3) is 0.412. The quantitative estimate of drug-likeness (QED) is 0.627. The number of carbonyl (C=O) groups is 4. The monoisotopic (exact) mass is 336 g/mol. The Morgan fingerprint density at radius 3 is 2.17 bits per heavy atom. The van der Waals surface area contributed by atoms with Crippen LogP contribution in [-0.4, -0.2) is 29.0 Å². The number of carbonyl (C=O) groups excluding carboxylic acids is 3. The second-order valence-electron chi connectivity index (χ2n) is 5.09. The first-order valence-electron chi connectivity index (χ1n) is 7.62. The predicted molar refractivity (Wildman–Crippen MR) is 82.7 cm³/mol. The number of aliphatic carboxylic acids is 1. The number of hydrogen-bond donors (Lipinski definition) is 1. The van der Waals surface area contributed by atoms with Crippen LogP contribution in [0, 0.1) is 0 Å². The maximum atomic E-state index is 11.2. The third kappa shape index (κ3) is 9.34. The zero-order valence-corrected chi connectivity index (χ0v) is 13.2. The van der Waals surface area contributed by atoms with Crippen LogP contribution < -0.4 is 0 Å². The summed E-state index contributed by atoms with van der Waals surface area (Å²) in [5.74, 6) is -2.02. The van der Waals surface area contributed by atoms with E-state index in [1.165, 1.54) is 0 Å². The van der Waals surface area contributed by atoms with E-state index in [2.05, 4.69) is 4.74 Å². The Morgan fingerprint density at radius 2 is 1.67 bits per heavy atom. The average molecular weight is 336 g/mol. The summed E-state index contributed by atoms with van der Waals surface area (Å²) in [6.07, 6.45) is 1.91. The van der Waals surface area contributed by atoms with Crippen LogP contribution in [0.25, 0.3) is 0 Å². The molecule has 0 spiro atoms. The standard InChI is InChI=1S/C12H14O4.C5H6O3/c13-11(14)7-4-8-12(15)16-9-10-5-2-1-3-6-10;6-4-2-1-3-5(7)8-4/h1-3,5-6H,4,7-9H2,(H,13,14);1-3H2. The molecule has 1 aromatic rings. The number of cyclic esters (lactones) is 2. The van der Waals surface area contributed by atoms with Crippen molar-refractivity contribution in [3.05, 3.63) is 35.9 Å². The molecule has 0 aliphatic carbocycles. The summed E-state index contributed by atoms with van der Waals surface area (Å²) in [6, 6.07) is 9.36. The number of esters is 3. The van der Waals surface area contributed by atoms with Gasteiger partial charge in [-0.25, -0.2) is 0 Å². The molecule has 0 amide bonds. The summed E-state index contributed by atoms with van der Waals surface area (Å²) in [7, 11) is 0. The molecule has 1 aromatic carbocycles. The largest absolute Gasteiger partial charge is 0.481 e. The molecular formula is C17H20O7. The predicted octanol–water partition coefficient (Wildman–Crippen LogP) is 2.22. The summed E-state index contributed by atoms with van der Waals surface area (Å²) in [5, 5.41) is 8.38. The Hall–Kier alpha value is -2.70. The van der Waals surface area contributed by atoms with Crippen molar-refractivity contribution in [2.45, 2.75) is 45.1 Å². The van der Waals surface area contributed by atoms with Gasteiger partial charge in [0.1, 0.15) is 6.61 Å². The van der Waals surface area contributed by atoms with Gasteiger partial charge < -0.3 is 14.6 Å². The molecule has 1 aliphatic rings. The van der Waals surface area contributed by atoms with Crippen LogP contribution in [0.2, 0.25) is 0 Å². The van der Waals surface area contributed by atoms with Crippen LogP contribution in [0.3, 0.4) is 0 Å². The molecule has 0 unspecified atom stereocenters. The van der Waals surface area contributed by atoms with Crippen LogP contribution >= 0.6 is 0 Å². The van der Waals surface area contributed by atoms with E-state index < -0.39 is 5.97 Å². The van der Waals surface area contributed by atoms with E-state index in [0.717, 1.165) is 5.56 Å². The first kappa shape index (κ1) is 19.3. The van der Waals surface area contributed by atoms with E-state index in [-0.39, 0.29) is 37.4 Å².